The van der Waals surface area contributed by atoms with Gasteiger partial charge in [0.15, 0.2) is 0 Å². The number of rotatable bonds is 4. The molecule has 1 amide bonds. The Labute approximate surface area is 110 Å². The van der Waals surface area contributed by atoms with E-state index in [1.807, 2.05) is 0 Å². The Kier molecular flexibility index (Phi) is 5.41. The minimum Gasteiger partial charge on any atom is -0.355 e. The zero-order valence-electron chi connectivity index (χ0n) is 11.5. The summed E-state index contributed by atoms with van der Waals surface area (Å²) in [4.78, 5) is 16.5. The molecule has 104 valence electrons. The highest BCUT2D eigenvalue weighted by Crippen LogP contribution is 2.12. The highest BCUT2D eigenvalue weighted by Gasteiger charge is 2.20. The Bertz CT molecular complexity index is 264. The van der Waals surface area contributed by atoms with E-state index in [0.29, 0.717) is 12.5 Å². The summed E-state index contributed by atoms with van der Waals surface area (Å²) < 4.78 is 0. The van der Waals surface area contributed by atoms with Gasteiger partial charge in [-0.1, -0.05) is 0 Å². The fourth-order valence-electron chi connectivity index (χ4n) is 2.77. The quantitative estimate of drug-likeness (QED) is 0.700. The van der Waals surface area contributed by atoms with Crippen molar-refractivity contribution in [1.82, 2.24) is 20.4 Å². The van der Waals surface area contributed by atoms with Crippen LogP contribution in [0.1, 0.15) is 12.8 Å². The van der Waals surface area contributed by atoms with E-state index in [4.69, 9.17) is 0 Å². The van der Waals surface area contributed by atoms with E-state index < -0.39 is 0 Å². The molecule has 1 unspecified atom stereocenters. The molecule has 0 aromatic heterocycles. The second-order valence-electron chi connectivity index (χ2n) is 5.60. The fourth-order valence-corrected chi connectivity index (χ4v) is 2.77. The summed E-state index contributed by atoms with van der Waals surface area (Å²) in [6, 6.07) is 0. The minimum atomic E-state index is 0.187. The lowest BCUT2D eigenvalue weighted by atomic mass is 10.1. The summed E-state index contributed by atoms with van der Waals surface area (Å²) in [5.74, 6) is 0.830. The Balaban J connectivity index is 1.62. The van der Waals surface area contributed by atoms with Crippen LogP contribution >= 0.6 is 0 Å². The van der Waals surface area contributed by atoms with Crippen molar-refractivity contribution >= 4 is 5.91 Å². The first-order chi connectivity index (χ1) is 8.74. The third kappa shape index (κ3) is 4.55. The second kappa shape index (κ2) is 7.07. The number of amides is 1. The molecule has 2 aliphatic heterocycles. The smallest absolute Gasteiger partial charge is 0.234 e. The summed E-state index contributed by atoms with van der Waals surface area (Å²) in [6.45, 7) is 7.78. The molecule has 0 aromatic carbocycles. The fraction of sp³-hybridized carbons (Fsp3) is 0.923. The van der Waals surface area contributed by atoms with Crippen molar-refractivity contribution in [2.75, 3.05) is 59.4 Å². The zero-order valence-corrected chi connectivity index (χ0v) is 11.5. The maximum Gasteiger partial charge on any atom is 0.234 e. The lowest BCUT2D eigenvalue weighted by Crippen LogP contribution is -2.40. The molecule has 0 saturated carbocycles. The molecule has 2 N–H and O–H groups in total. The van der Waals surface area contributed by atoms with Gasteiger partial charge in [0.1, 0.15) is 0 Å². The van der Waals surface area contributed by atoms with Crippen molar-refractivity contribution in [3.8, 4) is 0 Å². The van der Waals surface area contributed by atoms with Gasteiger partial charge in [0.25, 0.3) is 0 Å². The molecule has 0 bridgehead atoms. The maximum absolute atomic E-state index is 11.9. The standard InChI is InChI=1S/C13H26N4O/c1-16-7-3-12(10-16)9-15-13(18)11-17-6-2-4-14-5-8-17/h12,14H,2-11H2,1H3,(H,15,18). The maximum atomic E-state index is 11.9. The van der Waals surface area contributed by atoms with Crippen molar-refractivity contribution in [3.63, 3.8) is 0 Å². The number of nitrogens with one attached hydrogen (secondary N) is 2. The van der Waals surface area contributed by atoms with E-state index in [1.165, 1.54) is 13.0 Å². The topological polar surface area (TPSA) is 47.6 Å². The summed E-state index contributed by atoms with van der Waals surface area (Å²) >= 11 is 0. The van der Waals surface area contributed by atoms with E-state index in [0.717, 1.165) is 45.7 Å². The van der Waals surface area contributed by atoms with Crippen LogP contribution in [0.2, 0.25) is 0 Å². The van der Waals surface area contributed by atoms with Gasteiger partial charge in [0, 0.05) is 26.2 Å². The monoisotopic (exact) mass is 254 g/mol. The average Bonchev–Trinajstić information content (AvgIpc) is 2.60. The van der Waals surface area contributed by atoms with Gasteiger partial charge in [-0.15, -0.1) is 0 Å². The van der Waals surface area contributed by atoms with Gasteiger partial charge < -0.3 is 15.5 Å². The Morgan fingerprint density at radius 3 is 3.00 bits per heavy atom. The molecular weight excluding hydrogens is 228 g/mol. The van der Waals surface area contributed by atoms with E-state index in [-0.39, 0.29) is 5.91 Å². The van der Waals surface area contributed by atoms with Crippen LogP contribution < -0.4 is 10.6 Å². The van der Waals surface area contributed by atoms with Crippen LogP contribution in [-0.2, 0) is 4.79 Å². The molecule has 0 radical (unpaired) electrons. The third-order valence-corrected chi connectivity index (χ3v) is 3.88. The van der Waals surface area contributed by atoms with Crippen LogP contribution in [0.5, 0.6) is 0 Å². The zero-order chi connectivity index (χ0) is 12.8. The molecule has 0 aromatic rings. The molecule has 1 atom stereocenters. The molecule has 2 rings (SSSR count). The largest absolute Gasteiger partial charge is 0.355 e. The van der Waals surface area contributed by atoms with E-state index in [1.54, 1.807) is 0 Å². The lowest BCUT2D eigenvalue weighted by molar-refractivity contribution is -0.122. The predicted octanol–water partition coefficient (Wildman–Crippen LogP) is -0.650. The molecule has 2 aliphatic rings. The number of nitrogens with zero attached hydrogens (tertiary/aromatic N) is 2. The molecule has 2 heterocycles. The molecule has 0 aliphatic carbocycles. The first kappa shape index (κ1) is 13.8. The summed E-state index contributed by atoms with van der Waals surface area (Å²) in [6.07, 6.45) is 2.35. The van der Waals surface area contributed by atoms with Crippen LogP contribution in [0.25, 0.3) is 0 Å². The van der Waals surface area contributed by atoms with E-state index in [9.17, 15) is 4.79 Å². The van der Waals surface area contributed by atoms with Gasteiger partial charge in [0.2, 0.25) is 5.91 Å². The highest BCUT2D eigenvalue weighted by molar-refractivity contribution is 5.78. The van der Waals surface area contributed by atoms with Crippen molar-refractivity contribution in [1.29, 1.82) is 0 Å². The van der Waals surface area contributed by atoms with Crippen LogP contribution in [0, 0.1) is 5.92 Å². The Morgan fingerprint density at radius 2 is 2.22 bits per heavy atom. The van der Waals surface area contributed by atoms with Crippen molar-refractivity contribution in [2.45, 2.75) is 12.8 Å². The number of hydrogen-bond acceptors (Lipinski definition) is 4. The summed E-state index contributed by atoms with van der Waals surface area (Å²) in [5, 5.41) is 6.44. The minimum absolute atomic E-state index is 0.187. The van der Waals surface area contributed by atoms with Gasteiger partial charge in [0.05, 0.1) is 6.54 Å². The van der Waals surface area contributed by atoms with Crippen LogP contribution in [0.15, 0.2) is 0 Å². The van der Waals surface area contributed by atoms with Crippen molar-refractivity contribution < 1.29 is 4.79 Å². The van der Waals surface area contributed by atoms with Crippen LogP contribution in [0.4, 0.5) is 0 Å². The molecule has 0 spiro atoms. The molecule has 2 fully saturated rings. The van der Waals surface area contributed by atoms with Gasteiger partial charge in [-0.3, -0.25) is 9.69 Å². The van der Waals surface area contributed by atoms with Crippen LogP contribution in [-0.4, -0.2) is 75.1 Å². The third-order valence-electron chi connectivity index (χ3n) is 3.88. The Morgan fingerprint density at radius 1 is 1.33 bits per heavy atom. The molecule has 18 heavy (non-hydrogen) atoms. The first-order valence-electron chi connectivity index (χ1n) is 7.12. The molecule has 5 nitrogen and oxygen atoms in total. The SMILES string of the molecule is CN1CCC(CNC(=O)CN2CCCNCC2)C1. The van der Waals surface area contributed by atoms with Gasteiger partial charge in [-0.25, -0.2) is 0 Å². The number of carbonyl (C=O) groups excluding carboxylic acids is 1. The van der Waals surface area contributed by atoms with Crippen molar-refractivity contribution in [3.05, 3.63) is 0 Å². The van der Waals surface area contributed by atoms with Gasteiger partial charge >= 0.3 is 0 Å². The van der Waals surface area contributed by atoms with E-state index in [2.05, 4.69) is 27.5 Å². The predicted molar refractivity (Wildman–Crippen MR) is 72.5 cm³/mol. The first-order valence-corrected chi connectivity index (χ1v) is 7.12. The molecule has 5 heteroatoms. The average molecular weight is 254 g/mol. The normalized spacial score (nSPS) is 27.1. The number of carbonyl (C=O) groups is 1. The summed E-state index contributed by atoms with van der Waals surface area (Å²) in [5.41, 5.74) is 0. The molecule has 2 saturated heterocycles. The highest BCUT2D eigenvalue weighted by atomic mass is 16.2. The van der Waals surface area contributed by atoms with Gasteiger partial charge in [-0.05, 0) is 45.4 Å². The Hall–Kier alpha value is -0.650. The lowest BCUT2D eigenvalue weighted by Gasteiger charge is -2.19. The van der Waals surface area contributed by atoms with Gasteiger partial charge in [-0.2, -0.15) is 0 Å². The molecular formula is C13H26N4O. The number of likely N-dealkylation sites (tertiary alicyclic amines) is 1. The number of hydrogen-bond donors (Lipinski definition) is 2. The van der Waals surface area contributed by atoms with Crippen LogP contribution in [0.3, 0.4) is 0 Å². The second-order valence-corrected chi connectivity index (χ2v) is 5.60. The summed E-state index contributed by atoms with van der Waals surface area (Å²) in [7, 11) is 2.14. The van der Waals surface area contributed by atoms with Crippen molar-refractivity contribution in [2.24, 2.45) is 5.92 Å². The van der Waals surface area contributed by atoms with E-state index >= 15 is 0 Å².